The molecule has 2 aromatic heterocycles. The van der Waals surface area contributed by atoms with E-state index < -0.39 is 17.6 Å². The molecule has 0 bridgehead atoms. The van der Waals surface area contributed by atoms with E-state index in [0.717, 1.165) is 0 Å². The summed E-state index contributed by atoms with van der Waals surface area (Å²) in [7, 11) is 0. The van der Waals surface area contributed by atoms with Crippen molar-refractivity contribution in [3.63, 3.8) is 0 Å². The van der Waals surface area contributed by atoms with Crippen LogP contribution in [0, 0.1) is 19.7 Å². The Morgan fingerprint density at radius 3 is 2.73 bits per heavy atom. The normalized spacial score (nSPS) is 15.3. The fraction of sp³-hybridized carbons (Fsp3) is 0.227. The fourth-order valence-electron chi connectivity index (χ4n) is 3.52. The predicted octanol–water partition coefficient (Wildman–Crippen LogP) is 3.38. The quantitative estimate of drug-likeness (QED) is 0.722. The molecule has 0 aliphatic carbocycles. The third-order valence-corrected chi connectivity index (χ3v) is 5.15. The first-order valence-corrected chi connectivity index (χ1v) is 9.49. The second-order valence-electron chi connectivity index (χ2n) is 7.32. The minimum atomic E-state index is -0.569. The van der Waals surface area contributed by atoms with Gasteiger partial charge in [0.25, 0.3) is 0 Å². The molecule has 7 nitrogen and oxygen atoms in total. The third-order valence-electron chi connectivity index (χ3n) is 5.15. The number of amides is 2. The van der Waals surface area contributed by atoms with E-state index in [9.17, 15) is 14.0 Å². The summed E-state index contributed by atoms with van der Waals surface area (Å²) in [4.78, 5) is 40.2. The maximum Gasteiger partial charge on any atom is 0.244 e. The van der Waals surface area contributed by atoms with Gasteiger partial charge in [-0.1, -0.05) is 6.07 Å². The molecule has 1 aliphatic rings. The highest BCUT2D eigenvalue weighted by molar-refractivity contribution is 6.08. The number of fused-ring (bicyclic) bond motifs is 3. The van der Waals surface area contributed by atoms with Gasteiger partial charge in [0.1, 0.15) is 18.7 Å². The molecule has 2 amide bonds. The Kier molecular flexibility index (Phi) is 4.99. The number of benzene rings is 1. The molecule has 3 aromatic rings. The third kappa shape index (κ3) is 3.52. The number of halogens is 1. The maximum atomic E-state index is 13.8. The molecule has 1 aromatic carbocycles. The van der Waals surface area contributed by atoms with Crippen molar-refractivity contribution >= 4 is 23.2 Å². The zero-order valence-corrected chi connectivity index (χ0v) is 16.8. The highest BCUT2D eigenvalue weighted by Crippen LogP contribution is 2.39. The lowest BCUT2D eigenvalue weighted by molar-refractivity contribution is -0.122. The van der Waals surface area contributed by atoms with Crippen LogP contribution >= 0.6 is 0 Å². The number of pyridine rings is 1. The Labute approximate surface area is 173 Å². The van der Waals surface area contributed by atoms with E-state index in [1.807, 2.05) is 6.92 Å². The number of rotatable bonds is 3. The molecule has 3 heterocycles. The van der Waals surface area contributed by atoms with E-state index in [1.54, 1.807) is 44.4 Å². The number of carbonyl (C=O) groups is 2. The van der Waals surface area contributed by atoms with Crippen LogP contribution in [0.5, 0.6) is 0 Å². The van der Waals surface area contributed by atoms with Crippen LogP contribution in [0.3, 0.4) is 0 Å². The van der Waals surface area contributed by atoms with Gasteiger partial charge in [0.15, 0.2) is 0 Å². The average Bonchev–Trinajstić information content (AvgIpc) is 2.80. The Balaban J connectivity index is 1.70. The number of aryl methyl sites for hydroxylation is 2. The molecule has 0 saturated carbocycles. The van der Waals surface area contributed by atoms with Crippen molar-refractivity contribution in [2.24, 2.45) is 0 Å². The van der Waals surface area contributed by atoms with E-state index in [0.29, 0.717) is 39.5 Å². The first-order valence-electron chi connectivity index (χ1n) is 9.49. The summed E-state index contributed by atoms with van der Waals surface area (Å²) in [6, 6.07) is 6.23. The van der Waals surface area contributed by atoms with E-state index in [-0.39, 0.29) is 12.5 Å². The van der Waals surface area contributed by atoms with Gasteiger partial charge in [-0.15, -0.1) is 0 Å². The van der Waals surface area contributed by atoms with Crippen molar-refractivity contribution in [2.75, 3.05) is 16.8 Å². The van der Waals surface area contributed by atoms with Crippen molar-refractivity contribution in [3.05, 3.63) is 65.8 Å². The van der Waals surface area contributed by atoms with E-state index in [2.05, 4.69) is 20.3 Å². The second-order valence-corrected chi connectivity index (χ2v) is 7.32. The largest absolute Gasteiger partial charge is 0.324 e. The minimum Gasteiger partial charge on any atom is -0.324 e. The predicted molar refractivity (Wildman–Crippen MR) is 111 cm³/mol. The smallest absolute Gasteiger partial charge is 0.244 e. The standard InChI is InChI=1S/C22H20FN5O2/c1-12-4-5-15(7-18(12)23)27-20(29)10-28-19-6-13(2)25-9-16(19)17-8-24-11-26-21(17)14(3)22(28)30/h4-9,11,14H,10H2,1-3H3,(H,27,29)/t14-/m1/s1. The second kappa shape index (κ2) is 7.62. The minimum absolute atomic E-state index is 0.226. The molecule has 0 unspecified atom stereocenters. The van der Waals surface area contributed by atoms with Gasteiger partial charge in [-0.2, -0.15) is 0 Å². The summed E-state index contributed by atoms with van der Waals surface area (Å²) in [6.45, 7) is 4.98. The van der Waals surface area contributed by atoms with Crippen LogP contribution in [-0.2, 0) is 9.59 Å². The summed E-state index contributed by atoms with van der Waals surface area (Å²) >= 11 is 0. The Morgan fingerprint density at radius 2 is 1.97 bits per heavy atom. The molecule has 4 rings (SSSR count). The molecule has 0 fully saturated rings. The number of anilines is 2. The van der Waals surface area contributed by atoms with Crippen LogP contribution in [0.25, 0.3) is 11.1 Å². The van der Waals surface area contributed by atoms with Crippen LogP contribution < -0.4 is 10.2 Å². The highest BCUT2D eigenvalue weighted by Gasteiger charge is 2.34. The monoisotopic (exact) mass is 405 g/mol. The molecule has 152 valence electrons. The summed E-state index contributed by atoms with van der Waals surface area (Å²) in [5.74, 6) is -1.67. The van der Waals surface area contributed by atoms with Crippen molar-refractivity contribution in [2.45, 2.75) is 26.7 Å². The van der Waals surface area contributed by atoms with Crippen LogP contribution in [-0.4, -0.2) is 33.3 Å². The van der Waals surface area contributed by atoms with Crippen molar-refractivity contribution in [1.29, 1.82) is 0 Å². The maximum absolute atomic E-state index is 13.8. The average molecular weight is 405 g/mol. The summed E-state index contributed by atoms with van der Waals surface area (Å²) in [5, 5.41) is 2.66. The lowest BCUT2D eigenvalue weighted by Gasteiger charge is -2.24. The first kappa shape index (κ1) is 19.6. The molecule has 1 N–H and O–H groups in total. The van der Waals surface area contributed by atoms with Gasteiger partial charge in [-0.05, 0) is 44.5 Å². The molecular formula is C22H20FN5O2. The molecule has 0 radical (unpaired) electrons. The van der Waals surface area contributed by atoms with Crippen LogP contribution in [0.1, 0.15) is 29.8 Å². The SMILES string of the molecule is Cc1cc2c(cn1)-c1cncnc1[C@@H](C)C(=O)N2CC(=O)Nc1ccc(C)c(F)c1. The number of hydrogen-bond donors (Lipinski definition) is 1. The summed E-state index contributed by atoms with van der Waals surface area (Å²) in [6.07, 6.45) is 4.72. The Bertz CT molecular complexity index is 1160. The van der Waals surface area contributed by atoms with Gasteiger partial charge in [0.05, 0.1) is 17.3 Å². The van der Waals surface area contributed by atoms with Crippen LogP contribution in [0.2, 0.25) is 0 Å². The molecule has 1 aliphatic heterocycles. The van der Waals surface area contributed by atoms with Gasteiger partial charge in [-0.25, -0.2) is 14.4 Å². The molecule has 30 heavy (non-hydrogen) atoms. The molecule has 0 saturated heterocycles. The Hall–Kier alpha value is -3.68. The fourth-order valence-corrected chi connectivity index (χ4v) is 3.52. The first-order chi connectivity index (χ1) is 14.3. The van der Waals surface area contributed by atoms with Gasteiger partial charge >= 0.3 is 0 Å². The lowest BCUT2D eigenvalue weighted by Crippen LogP contribution is -2.40. The van der Waals surface area contributed by atoms with Crippen molar-refractivity contribution < 1.29 is 14.0 Å². The molecule has 1 atom stereocenters. The van der Waals surface area contributed by atoms with E-state index in [4.69, 9.17) is 0 Å². The zero-order chi connectivity index (χ0) is 21.4. The Morgan fingerprint density at radius 1 is 1.17 bits per heavy atom. The van der Waals surface area contributed by atoms with Gasteiger partial charge in [-0.3, -0.25) is 14.6 Å². The number of carbonyl (C=O) groups excluding carboxylic acids is 2. The lowest BCUT2D eigenvalue weighted by atomic mass is 10.00. The van der Waals surface area contributed by atoms with Gasteiger partial charge in [0, 0.05) is 34.9 Å². The highest BCUT2D eigenvalue weighted by atomic mass is 19.1. The number of nitrogens with zero attached hydrogens (tertiary/aromatic N) is 4. The zero-order valence-electron chi connectivity index (χ0n) is 16.8. The van der Waals surface area contributed by atoms with Gasteiger partial charge < -0.3 is 10.2 Å². The van der Waals surface area contributed by atoms with Gasteiger partial charge in [0.2, 0.25) is 11.8 Å². The molecule has 8 heteroatoms. The van der Waals surface area contributed by atoms with Crippen molar-refractivity contribution in [3.8, 4) is 11.1 Å². The molecular weight excluding hydrogens is 385 g/mol. The summed E-state index contributed by atoms with van der Waals surface area (Å²) < 4.78 is 13.8. The van der Waals surface area contributed by atoms with E-state index in [1.165, 1.54) is 17.3 Å². The van der Waals surface area contributed by atoms with E-state index >= 15 is 0 Å². The summed E-state index contributed by atoms with van der Waals surface area (Å²) in [5.41, 5.74) is 4.08. The number of hydrogen-bond acceptors (Lipinski definition) is 5. The van der Waals surface area contributed by atoms with Crippen molar-refractivity contribution in [1.82, 2.24) is 15.0 Å². The topological polar surface area (TPSA) is 88.1 Å². The number of aromatic nitrogens is 3. The van der Waals surface area contributed by atoms with Crippen LogP contribution in [0.15, 0.2) is 43.0 Å². The number of nitrogens with one attached hydrogen (secondary N) is 1. The molecule has 0 spiro atoms. The van der Waals surface area contributed by atoms with Crippen LogP contribution in [0.4, 0.5) is 15.8 Å².